The zero-order chi connectivity index (χ0) is 20.6. The van der Waals surface area contributed by atoms with Crippen molar-refractivity contribution in [1.82, 2.24) is 0 Å². The number of benzene rings is 4. The summed E-state index contributed by atoms with van der Waals surface area (Å²) in [6, 6.07) is 35.4. The summed E-state index contributed by atoms with van der Waals surface area (Å²) in [6.07, 6.45) is 0. The SMILES string of the molecule is OC(c1ccccc1)(c1ccccc1)c1cc(Br)ccc1-c1cc2ccccc2o1. The van der Waals surface area contributed by atoms with Crippen molar-refractivity contribution in [2.24, 2.45) is 0 Å². The van der Waals surface area contributed by atoms with Crippen LogP contribution in [0.4, 0.5) is 0 Å². The van der Waals surface area contributed by atoms with Gasteiger partial charge in [-0.2, -0.15) is 0 Å². The van der Waals surface area contributed by atoms with E-state index in [1.165, 1.54) is 0 Å². The standard InChI is InChI=1S/C27H19BrO2/c28-22-15-16-23(26-17-19-9-7-8-14-25(19)30-26)24(18-22)27(29,20-10-3-1-4-11-20)21-12-5-2-6-13-21/h1-18,29H. The molecule has 0 radical (unpaired) electrons. The van der Waals surface area contributed by atoms with Crippen molar-refractivity contribution in [3.8, 4) is 11.3 Å². The average molecular weight is 455 g/mol. The van der Waals surface area contributed by atoms with Crippen LogP contribution in [0.15, 0.2) is 118 Å². The predicted octanol–water partition coefficient (Wildman–Crippen LogP) is 7.15. The van der Waals surface area contributed by atoms with Crippen LogP contribution >= 0.6 is 15.9 Å². The highest BCUT2D eigenvalue weighted by Gasteiger charge is 2.36. The second-order valence-corrected chi connectivity index (χ2v) is 8.20. The molecule has 0 saturated carbocycles. The van der Waals surface area contributed by atoms with E-state index in [1.807, 2.05) is 109 Å². The lowest BCUT2D eigenvalue weighted by Gasteiger charge is -2.32. The van der Waals surface area contributed by atoms with Crippen LogP contribution in [0.1, 0.15) is 16.7 Å². The van der Waals surface area contributed by atoms with Crippen LogP contribution in [0.5, 0.6) is 0 Å². The molecule has 146 valence electrons. The van der Waals surface area contributed by atoms with Crippen molar-refractivity contribution in [2.45, 2.75) is 5.60 Å². The van der Waals surface area contributed by atoms with E-state index in [1.54, 1.807) is 0 Å². The first-order valence-corrected chi connectivity index (χ1v) is 10.6. The number of rotatable bonds is 4. The van der Waals surface area contributed by atoms with Gasteiger partial charge in [0.15, 0.2) is 0 Å². The van der Waals surface area contributed by atoms with E-state index in [-0.39, 0.29) is 0 Å². The minimum Gasteiger partial charge on any atom is -0.456 e. The Bertz CT molecular complexity index is 1230. The molecule has 5 rings (SSSR count). The number of para-hydroxylation sites is 1. The van der Waals surface area contributed by atoms with E-state index < -0.39 is 5.60 Å². The summed E-state index contributed by atoms with van der Waals surface area (Å²) in [4.78, 5) is 0. The lowest BCUT2D eigenvalue weighted by atomic mass is 9.78. The van der Waals surface area contributed by atoms with Gasteiger partial charge in [0.05, 0.1) is 0 Å². The molecule has 4 aromatic carbocycles. The molecular formula is C27H19BrO2. The minimum atomic E-state index is -1.35. The van der Waals surface area contributed by atoms with Gasteiger partial charge in [-0.05, 0) is 41.5 Å². The summed E-state index contributed by atoms with van der Waals surface area (Å²) in [5, 5.41) is 13.3. The van der Waals surface area contributed by atoms with E-state index in [0.29, 0.717) is 0 Å². The quantitative estimate of drug-likeness (QED) is 0.292. The first kappa shape index (κ1) is 18.9. The first-order valence-electron chi connectivity index (χ1n) is 9.78. The van der Waals surface area contributed by atoms with E-state index in [4.69, 9.17) is 4.42 Å². The van der Waals surface area contributed by atoms with Crippen LogP contribution in [-0.4, -0.2) is 5.11 Å². The monoisotopic (exact) mass is 454 g/mol. The van der Waals surface area contributed by atoms with Gasteiger partial charge in [-0.25, -0.2) is 0 Å². The summed E-state index contributed by atoms with van der Waals surface area (Å²) in [6.45, 7) is 0. The van der Waals surface area contributed by atoms with Crippen molar-refractivity contribution in [3.05, 3.63) is 130 Å². The normalized spacial score (nSPS) is 11.7. The Kier molecular flexibility index (Phi) is 4.78. The van der Waals surface area contributed by atoms with Crippen LogP contribution < -0.4 is 0 Å². The van der Waals surface area contributed by atoms with Gasteiger partial charge in [-0.15, -0.1) is 0 Å². The molecule has 0 saturated heterocycles. The predicted molar refractivity (Wildman–Crippen MR) is 124 cm³/mol. The summed E-state index contributed by atoms with van der Waals surface area (Å²) >= 11 is 3.60. The molecule has 0 amide bonds. The molecule has 0 aliphatic carbocycles. The highest BCUT2D eigenvalue weighted by molar-refractivity contribution is 9.10. The van der Waals surface area contributed by atoms with Gasteiger partial charge < -0.3 is 9.52 Å². The lowest BCUT2D eigenvalue weighted by molar-refractivity contribution is 0.126. The summed E-state index contributed by atoms with van der Waals surface area (Å²) in [7, 11) is 0. The Hall–Kier alpha value is -3.14. The number of furan rings is 1. The molecule has 0 spiro atoms. The molecule has 1 aromatic heterocycles. The molecule has 0 unspecified atom stereocenters. The Morgan fingerprint density at radius 3 is 1.90 bits per heavy atom. The van der Waals surface area contributed by atoms with Crippen LogP contribution in [0.25, 0.3) is 22.3 Å². The van der Waals surface area contributed by atoms with Gasteiger partial charge in [0.25, 0.3) is 0 Å². The molecule has 0 aliphatic rings. The summed E-state index contributed by atoms with van der Waals surface area (Å²) < 4.78 is 7.07. The number of hydrogen-bond donors (Lipinski definition) is 1. The maximum Gasteiger partial charge on any atom is 0.141 e. The van der Waals surface area contributed by atoms with Gasteiger partial charge in [-0.3, -0.25) is 0 Å². The second-order valence-electron chi connectivity index (χ2n) is 7.28. The van der Waals surface area contributed by atoms with Crippen molar-refractivity contribution < 1.29 is 9.52 Å². The first-order chi connectivity index (χ1) is 14.7. The molecule has 3 heteroatoms. The van der Waals surface area contributed by atoms with Gasteiger partial charge in [0, 0.05) is 21.0 Å². The van der Waals surface area contributed by atoms with E-state index in [9.17, 15) is 5.11 Å². The maximum absolute atomic E-state index is 12.3. The summed E-state index contributed by atoms with van der Waals surface area (Å²) in [5.74, 6) is 0.726. The van der Waals surface area contributed by atoms with E-state index >= 15 is 0 Å². The third-order valence-electron chi connectivity index (χ3n) is 5.45. The van der Waals surface area contributed by atoms with Crippen LogP contribution in [0.2, 0.25) is 0 Å². The summed E-state index contributed by atoms with van der Waals surface area (Å²) in [5.41, 5.74) is 2.68. The zero-order valence-electron chi connectivity index (χ0n) is 16.1. The zero-order valence-corrected chi connectivity index (χ0v) is 17.7. The molecule has 30 heavy (non-hydrogen) atoms. The van der Waals surface area contributed by atoms with Crippen LogP contribution in [0.3, 0.4) is 0 Å². The average Bonchev–Trinajstić information content (AvgIpc) is 3.24. The van der Waals surface area contributed by atoms with Gasteiger partial charge >= 0.3 is 0 Å². The molecule has 5 aromatic rings. The third kappa shape index (κ3) is 3.17. The van der Waals surface area contributed by atoms with Crippen molar-refractivity contribution in [2.75, 3.05) is 0 Å². The van der Waals surface area contributed by atoms with Crippen LogP contribution in [0, 0.1) is 0 Å². The Labute approximate surface area is 183 Å². The maximum atomic E-state index is 12.3. The molecule has 2 nitrogen and oxygen atoms in total. The Balaban J connectivity index is 1.81. The highest BCUT2D eigenvalue weighted by atomic mass is 79.9. The fraction of sp³-hybridized carbons (Fsp3) is 0.0370. The molecule has 0 atom stereocenters. The number of fused-ring (bicyclic) bond motifs is 1. The lowest BCUT2D eigenvalue weighted by Crippen LogP contribution is -2.29. The Morgan fingerprint density at radius 1 is 0.667 bits per heavy atom. The Morgan fingerprint density at radius 2 is 1.27 bits per heavy atom. The molecular weight excluding hydrogens is 436 g/mol. The molecule has 0 fully saturated rings. The smallest absolute Gasteiger partial charge is 0.141 e. The number of aliphatic hydroxyl groups is 1. The van der Waals surface area contributed by atoms with Crippen molar-refractivity contribution >= 4 is 26.9 Å². The minimum absolute atomic E-state index is 0.726. The second kappa shape index (κ2) is 7.60. The van der Waals surface area contributed by atoms with Crippen molar-refractivity contribution in [1.29, 1.82) is 0 Å². The largest absolute Gasteiger partial charge is 0.456 e. The van der Waals surface area contributed by atoms with Gasteiger partial charge in [0.1, 0.15) is 16.9 Å². The highest BCUT2D eigenvalue weighted by Crippen LogP contribution is 2.43. The van der Waals surface area contributed by atoms with Crippen LogP contribution in [-0.2, 0) is 5.60 Å². The fourth-order valence-corrected chi connectivity index (χ4v) is 4.34. The molecule has 1 heterocycles. The number of halogens is 1. The van der Waals surface area contributed by atoms with Gasteiger partial charge in [0.2, 0.25) is 0 Å². The third-order valence-corrected chi connectivity index (χ3v) is 5.94. The fourth-order valence-electron chi connectivity index (χ4n) is 3.98. The molecule has 0 bridgehead atoms. The number of hydrogen-bond acceptors (Lipinski definition) is 2. The molecule has 0 aliphatic heterocycles. The van der Waals surface area contributed by atoms with Gasteiger partial charge in [-0.1, -0.05) is 94.8 Å². The molecule has 1 N–H and O–H groups in total. The van der Waals surface area contributed by atoms with Crippen molar-refractivity contribution in [3.63, 3.8) is 0 Å². The topological polar surface area (TPSA) is 33.4 Å². The van der Waals surface area contributed by atoms with E-state index in [0.717, 1.165) is 43.5 Å². The van der Waals surface area contributed by atoms with E-state index in [2.05, 4.69) is 15.9 Å².